The molecular formula is C10H10N4O2. The highest BCUT2D eigenvalue weighted by molar-refractivity contribution is 5.47. The van der Waals surface area contributed by atoms with Gasteiger partial charge in [-0.25, -0.2) is 15.0 Å². The van der Waals surface area contributed by atoms with Crippen LogP contribution in [0.15, 0.2) is 29.5 Å². The number of methoxy groups -OCH3 is 1. The Morgan fingerprint density at radius 2 is 2.38 bits per heavy atom. The third-order valence-electron chi connectivity index (χ3n) is 1.91. The normalized spacial score (nSPS) is 10.3. The molecule has 0 aliphatic heterocycles. The summed E-state index contributed by atoms with van der Waals surface area (Å²) in [6, 6.07) is 3.07. The number of ether oxygens (including phenoxy) is 1. The summed E-state index contributed by atoms with van der Waals surface area (Å²) in [4.78, 5) is 26.0. The molecule has 6 nitrogen and oxygen atoms in total. The molecule has 16 heavy (non-hydrogen) atoms. The zero-order valence-electron chi connectivity index (χ0n) is 8.67. The van der Waals surface area contributed by atoms with Gasteiger partial charge in [0.05, 0.1) is 12.3 Å². The van der Waals surface area contributed by atoms with Gasteiger partial charge in [-0.1, -0.05) is 0 Å². The van der Waals surface area contributed by atoms with Crippen molar-refractivity contribution >= 4 is 0 Å². The standard InChI is InChI=1S/C10H10N4O2/c1-16-5-7-4-9(15)14-10(13-7)8-2-3-11-6-12-8/h2-4,6H,5H2,1H3,(H,13,14,15). The average molecular weight is 218 g/mol. The molecule has 82 valence electrons. The van der Waals surface area contributed by atoms with Gasteiger partial charge in [-0.05, 0) is 6.07 Å². The zero-order valence-corrected chi connectivity index (χ0v) is 8.67. The van der Waals surface area contributed by atoms with Crippen LogP contribution in [0.5, 0.6) is 0 Å². The Hall–Kier alpha value is -2.08. The Morgan fingerprint density at radius 1 is 1.50 bits per heavy atom. The molecule has 0 atom stereocenters. The monoisotopic (exact) mass is 218 g/mol. The van der Waals surface area contributed by atoms with Gasteiger partial charge in [0.25, 0.3) is 5.56 Å². The van der Waals surface area contributed by atoms with Gasteiger partial charge in [0.1, 0.15) is 12.0 Å². The number of nitrogens with one attached hydrogen (secondary N) is 1. The van der Waals surface area contributed by atoms with E-state index in [1.54, 1.807) is 19.4 Å². The molecule has 2 aromatic heterocycles. The minimum atomic E-state index is -0.226. The zero-order chi connectivity index (χ0) is 11.4. The van der Waals surface area contributed by atoms with E-state index in [1.165, 1.54) is 12.4 Å². The van der Waals surface area contributed by atoms with Gasteiger partial charge in [-0.3, -0.25) is 4.79 Å². The van der Waals surface area contributed by atoms with Gasteiger partial charge in [-0.2, -0.15) is 0 Å². The molecule has 0 aromatic carbocycles. The van der Waals surface area contributed by atoms with E-state index in [1.807, 2.05) is 0 Å². The average Bonchev–Trinajstić information content (AvgIpc) is 2.30. The SMILES string of the molecule is COCc1cc(=O)[nH]c(-c2ccncn2)n1. The molecule has 0 aliphatic carbocycles. The number of aromatic amines is 1. The Labute approximate surface area is 91.4 Å². The maximum atomic E-state index is 11.4. The first-order chi connectivity index (χ1) is 7.79. The van der Waals surface area contributed by atoms with Gasteiger partial charge in [0.15, 0.2) is 5.82 Å². The van der Waals surface area contributed by atoms with E-state index < -0.39 is 0 Å². The van der Waals surface area contributed by atoms with Gasteiger partial charge in [0, 0.05) is 19.4 Å². The molecule has 0 radical (unpaired) electrons. The molecule has 0 saturated heterocycles. The second-order valence-electron chi connectivity index (χ2n) is 3.11. The molecule has 0 aliphatic rings. The summed E-state index contributed by atoms with van der Waals surface area (Å²) in [6.45, 7) is 0.294. The molecule has 1 N–H and O–H groups in total. The first-order valence-corrected chi connectivity index (χ1v) is 4.65. The van der Waals surface area contributed by atoms with Gasteiger partial charge >= 0.3 is 0 Å². The van der Waals surface area contributed by atoms with Crippen LogP contribution >= 0.6 is 0 Å². The third kappa shape index (κ3) is 2.29. The van der Waals surface area contributed by atoms with Crippen LogP contribution in [0.4, 0.5) is 0 Å². The number of hydrogen-bond acceptors (Lipinski definition) is 5. The van der Waals surface area contributed by atoms with Crippen LogP contribution in [-0.4, -0.2) is 27.0 Å². The van der Waals surface area contributed by atoms with Crippen LogP contribution in [0.1, 0.15) is 5.69 Å². The lowest BCUT2D eigenvalue weighted by atomic mass is 10.3. The predicted molar refractivity (Wildman–Crippen MR) is 56.6 cm³/mol. The van der Waals surface area contributed by atoms with Crippen molar-refractivity contribution in [3.8, 4) is 11.5 Å². The highest BCUT2D eigenvalue weighted by atomic mass is 16.5. The summed E-state index contributed by atoms with van der Waals surface area (Å²) in [6.07, 6.45) is 2.99. The van der Waals surface area contributed by atoms with Crippen molar-refractivity contribution in [3.63, 3.8) is 0 Å². The summed E-state index contributed by atoms with van der Waals surface area (Å²) < 4.78 is 4.93. The van der Waals surface area contributed by atoms with Crippen LogP contribution in [0.25, 0.3) is 11.5 Å². The largest absolute Gasteiger partial charge is 0.378 e. The van der Waals surface area contributed by atoms with E-state index in [2.05, 4.69) is 19.9 Å². The van der Waals surface area contributed by atoms with E-state index in [0.717, 1.165) is 0 Å². The fourth-order valence-corrected chi connectivity index (χ4v) is 1.28. The summed E-state index contributed by atoms with van der Waals surface area (Å²) in [7, 11) is 1.55. The first-order valence-electron chi connectivity index (χ1n) is 4.65. The number of rotatable bonds is 3. The molecule has 0 bridgehead atoms. The maximum Gasteiger partial charge on any atom is 0.251 e. The summed E-state index contributed by atoms with van der Waals surface area (Å²) >= 11 is 0. The molecule has 2 aromatic rings. The van der Waals surface area contributed by atoms with Crippen LogP contribution in [-0.2, 0) is 11.3 Å². The first kappa shape index (κ1) is 10.4. The number of hydrogen-bond donors (Lipinski definition) is 1. The van der Waals surface area contributed by atoms with Crippen LogP contribution < -0.4 is 5.56 Å². The van der Waals surface area contributed by atoms with Crippen molar-refractivity contribution in [2.45, 2.75) is 6.61 Å². The van der Waals surface area contributed by atoms with Crippen LogP contribution in [0.3, 0.4) is 0 Å². The molecule has 0 fully saturated rings. The van der Waals surface area contributed by atoms with Crippen molar-refractivity contribution < 1.29 is 4.74 Å². The maximum absolute atomic E-state index is 11.4. The van der Waals surface area contributed by atoms with Crippen molar-refractivity contribution in [2.24, 2.45) is 0 Å². The lowest BCUT2D eigenvalue weighted by molar-refractivity contribution is 0.181. The Bertz CT molecular complexity index is 524. The number of nitrogens with zero attached hydrogens (tertiary/aromatic N) is 3. The fraction of sp³-hybridized carbons (Fsp3) is 0.200. The lowest BCUT2D eigenvalue weighted by Gasteiger charge is -2.02. The summed E-state index contributed by atoms with van der Waals surface area (Å²) in [5.41, 5.74) is 0.917. The molecule has 2 heterocycles. The molecule has 0 spiro atoms. The number of H-pyrrole nitrogens is 1. The van der Waals surface area contributed by atoms with E-state index >= 15 is 0 Å². The Balaban J connectivity index is 2.45. The van der Waals surface area contributed by atoms with Crippen LogP contribution in [0, 0.1) is 0 Å². The summed E-state index contributed by atoms with van der Waals surface area (Å²) in [5.74, 6) is 0.418. The smallest absolute Gasteiger partial charge is 0.251 e. The molecule has 2 rings (SSSR count). The van der Waals surface area contributed by atoms with Crippen molar-refractivity contribution in [1.29, 1.82) is 0 Å². The lowest BCUT2D eigenvalue weighted by Crippen LogP contribution is -2.11. The van der Waals surface area contributed by atoms with E-state index in [9.17, 15) is 4.79 Å². The van der Waals surface area contributed by atoms with E-state index in [-0.39, 0.29) is 5.56 Å². The minimum absolute atomic E-state index is 0.226. The molecule has 0 saturated carbocycles. The molecular weight excluding hydrogens is 208 g/mol. The van der Waals surface area contributed by atoms with Crippen LogP contribution in [0.2, 0.25) is 0 Å². The third-order valence-corrected chi connectivity index (χ3v) is 1.91. The van der Waals surface area contributed by atoms with Gasteiger partial charge in [0.2, 0.25) is 0 Å². The van der Waals surface area contributed by atoms with Crippen molar-refractivity contribution in [3.05, 3.63) is 40.7 Å². The highest BCUT2D eigenvalue weighted by Gasteiger charge is 2.04. The van der Waals surface area contributed by atoms with Crippen molar-refractivity contribution in [1.82, 2.24) is 19.9 Å². The molecule has 0 unspecified atom stereocenters. The highest BCUT2D eigenvalue weighted by Crippen LogP contribution is 2.08. The predicted octanol–water partition coefficient (Wildman–Crippen LogP) is 0.373. The quantitative estimate of drug-likeness (QED) is 0.805. The minimum Gasteiger partial charge on any atom is -0.378 e. The van der Waals surface area contributed by atoms with Gasteiger partial charge < -0.3 is 9.72 Å². The second kappa shape index (κ2) is 4.63. The Kier molecular flexibility index (Phi) is 3.02. The second-order valence-corrected chi connectivity index (χ2v) is 3.11. The Morgan fingerprint density at radius 3 is 3.06 bits per heavy atom. The summed E-state index contributed by atoms with van der Waals surface area (Å²) in [5, 5.41) is 0. The van der Waals surface area contributed by atoms with E-state index in [4.69, 9.17) is 4.74 Å². The topological polar surface area (TPSA) is 80.8 Å². The fourth-order valence-electron chi connectivity index (χ4n) is 1.28. The van der Waals surface area contributed by atoms with Gasteiger partial charge in [-0.15, -0.1) is 0 Å². The number of aromatic nitrogens is 4. The molecule has 6 heteroatoms. The van der Waals surface area contributed by atoms with E-state index in [0.29, 0.717) is 23.8 Å². The molecule has 0 amide bonds. The van der Waals surface area contributed by atoms with Crippen molar-refractivity contribution in [2.75, 3.05) is 7.11 Å².